The molecule has 9 heteroatoms. The molecule has 1 N–H and O–H groups in total. The van der Waals surface area contributed by atoms with Gasteiger partial charge in [-0.2, -0.15) is 12.7 Å². The van der Waals surface area contributed by atoms with Crippen molar-refractivity contribution in [3.05, 3.63) is 23.9 Å². The number of likely N-dealkylation sites (tertiary alicyclic amines) is 1. The first-order valence-corrected chi connectivity index (χ1v) is 9.77. The summed E-state index contributed by atoms with van der Waals surface area (Å²) < 4.78 is 32.3. The van der Waals surface area contributed by atoms with Crippen molar-refractivity contribution in [1.82, 2.24) is 18.9 Å². The van der Waals surface area contributed by atoms with Gasteiger partial charge < -0.3 is 9.64 Å². The van der Waals surface area contributed by atoms with E-state index in [-0.39, 0.29) is 11.9 Å². The first-order valence-electron chi connectivity index (χ1n) is 8.33. The molecular formula is C16H26N4O4S. The number of nitrogens with zero attached hydrogens (tertiary/aromatic N) is 3. The van der Waals surface area contributed by atoms with Gasteiger partial charge in [-0.1, -0.05) is 0 Å². The molecule has 140 valence electrons. The lowest BCUT2D eigenvalue weighted by Crippen LogP contribution is -2.46. The highest BCUT2D eigenvalue weighted by Crippen LogP contribution is 2.22. The number of hydrogen-bond acceptors (Lipinski definition) is 5. The van der Waals surface area contributed by atoms with Gasteiger partial charge in [-0.15, -0.1) is 0 Å². The number of ether oxygens (including phenoxy) is 1. The Balaban J connectivity index is 2.00. The fourth-order valence-corrected chi connectivity index (χ4v) is 3.48. The van der Waals surface area contributed by atoms with Gasteiger partial charge in [-0.3, -0.25) is 4.79 Å². The summed E-state index contributed by atoms with van der Waals surface area (Å²) in [5.41, 5.74) is 0.515. The summed E-state index contributed by atoms with van der Waals surface area (Å²) in [4.78, 5) is 18.7. The third-order valence-corrected chi connectivity index (χ3v) is 5.85. The van der Waals surface area contributed by atoms with Crippen LogP contribution in [0.3, 0.4) is 0 Å². The number of carbonyl (C=O) groups is 1. The van der Waals surface area contributed by atoms with E-state index in [1.807, 2.05) is 4.90 Å². The molecular weight excluding hydrogens is 344 g/mol. The first-order chi connectivity index (χ1) is 11.8. The second-order valence-electron chi connectivity index (χ2n) is 6.21. The molecule has 1 fully saturated rings. The summed E-state index contributed by atoms with van der Waals surface area (Å²) in [6, 6.07) is 3.39. The number of nitrogens with one attached hydrogen (secondary N) is 1. The minimum absolute atomic E-state index is 0.0215. The van der Waals surface area contributed by atoms with E-state index in [0.29, 0.717) is 31.0 Å². The second kappa shape index (κ2) is 8.59. The molecule has 0 radical (unpaired) electrons. The van der Waals surface area contributed by atoms with Crippen LogP contribution in [-0.4, -0.2) is 68.9 Å². The molecule has 2 heterocycles. The lowest BCUT2D eigenvalue weighted by molar-refractivity contribution is 0.0603. The summed E-state index contributed by atoms with van der Waals surface area (Å²) in [5.74, 6) is 0.389. The Morgan fingerprint density at radius 1 is 1.40 bits per heavy atom. The van der Waals surface area contributed by atoms with Crippen LogP contribution in [0.2, 0.25) is 0 Å². The number of pyridine rings is 1. The number of amides is 1. The van der Waals surface area contributed by atoms with Gasteiger partial charge in [0.2, 0.25) is 5.88 Å². The van der Waals surface area contributed by atoms with Crippen molar-refractivity contribution in [2.45, 2.75) is 31.7 Å². The van der Waals surface area contributed by atoms with Crippen LogP contribution in [0.1, 0.15) is 36.0 Å². The molecule has 0 saturated carbocycles. The molecule has 1 aromatic heterocycles. The van der Waals surface area contributed by atoms with E-state index >= 15 is 0 Å². The fourth-order valence-electron chi connectivity index (χ4n) is 2.85. The Labute approximate surface area is 149 Å². The molecule has 2 rings (SSSR count). The number of aromatic nitrogens is 1. The van der Waals surface area contributed by atoms with Crippen LogP contribution < -0.4 is 9.46 Å². The highest BCUT2D eigenvalue weighted by molar-refractivity contribution is 7.87. The zero-order valence-electron chi connectivity index (χ0n) is 14.9. The van der Waals surface area contributed by atoms with Crippen molar-refractivity contribution < 1.29 is 17.9 Å². The van der Waals surface area contributed by atoms with Crippen LogP contribution in [0.5, 0.6) is 5.88 Å². The number of piperidine rings is 1. The second-order valence-corrected chi connectivity index (χ2v) is 8.18. The zero-order chi connectivity index (χ0) is 18.4. The molecule has 1 amide bonds. The van der Waals surface area contributed by atoms with E-state index in [2.05, 4.69) is 9.71 Å². The predicted octanol–water partition coefficient (Wildman–Crippen LogP) is 0.871. The minimum Gasteiger partial charge on any atom is -0.481 e. The maximum Gasteiger partial charge on any atom is 0.278 e. The fraction of sp³-hybridized carbons (Fsp3) is 0.625. The van der Waals surface area contributed by atoms with E-state index in [1.165, 1.54) is 27.4 Å². The predicted molar refractivity (Wildman–Crippen MR) is 94.7 cm³/mol. The smallest absolute Gasteiger partial charge is 0.278 e. The molecule has 1 atom stereocenters. The molecule has 1 aromatic rings. The van der Waals surface area contributed by atoms with E-state index < -0.39 is 10.2 Å². The Kier molecular flexibility index (Phi) is 6.74. The average molecular weight is 370 g/mol. The molecule has 8 nitrogen and oxygen atoms in total. The van der Waals surface area contributed by atoms with Crippen LogP contribution in [0.15, 0.2) is 18.3 Å². The first kappa shape index (κ1) is 19.6. The monoisotopic (exact) mass is 370 g/mol. The Morgan fingerprint density at radius 2 is 2.16 bits per heavy atom. The van der Waals surface area contributed by atoms with Gasteiger partial charge >= 0.3 is 0 Å². The Bertz CT molecular complexity index is 676. The van der Waals surface area contributed by atoms with Gasteiger partial charge in [0.05, 0.1) is 12.7 Å². The third kappa shape index (κ3) is 5.13. The standard InChI is InChI=1S/C16H26N4O4S/c1-19(2)25(22,23)18-10-9-14-6-4-5-11-20(14)16(21)13-7-8-15(24-3)17-12-13/h7-8,12,14,18H,4-6,9-11H2,1-3H3/t14-/m1/s1. The van der Waals surface area contributed by atoms with Crippen LogP contribution in [-0.2, 0) is 10.2 Å². The number of rotatable bonds is 7. The summed E-state index contributed by atoms with van der Waals surface area (Å²) >= 11 is 0. The third-order valence-electron chi connectivity index (χ3n) is 4.32. The maximum atomic E-state index is 12.8. The highest BCUT2D eigenvalue weighted by Gasteiger charge is 2.28. The quantitative estimate of drug-likeness (QED) is 0.769. The highest BCUT2D eigenvalue weighted by atomic mass is 32.2. The molecule has 1 saturated heterocycles. The Morgan fingerprint density at radius 3 is 2.76 bits per heavy atom. The summed E-state index contributed by atoms with van der Waals surface area (Å²) in [6.45, 7) is 0.978. The maximum absolute atomic E-state index is 12.8. The van der Waals surface area contributed by atoms with Crippen molar-refractivity contribution in [2.75, 3.05) is 34.3 Å². The summed E-state index contributed by atoms with van der Waals surface area (Å²) in [7, 11) is 1.05. The topological polar surface area (TPSA) is 91.8 Å². The molecule has 25 heavy (non-hydrogen) atoms. The van der Waals surface area contributed by atoms with Crippen LogP contribution in [0.4, 0.5) is 0 Å². The van der Waals surface area contributed by atoms with Crippen molar-refractivity contribution in [2.24, 2.45) is 0 Å². The van der Waals surface area contributed by atoms with Crippen LogP contribution in [0, 0.1) is 0 Å². The Hall–Kier alpha value is -1.71. The molecule has 0 spiro atoms. The zero-order valence-corrected chi connectivity index (χ0v) is 15.8. The number of hydrogen-bond donors (Lipinski definition) is 1. The molecule has 0 aliphatic carbocycles. The largest absolute Gasteiger partial charge is 0.481 e. The van der Waals surface area contributed by atoms with Gasteiger partial charge in [0.15, 0.2) is 0 Å². The van der Waals surface area contributed by atoms with Gasteiger partial charge in [-0.25, -0.2) is 9.71 Å². The van der Waals surface area contributed by atoms with Crippen molar-refractivity contribution in [3.63, 3.8) is 0 Å². The lowest BCUT2D eigenvalue weighted by Gasteiger charge is -2.36. The average Bonchev–Trinajstić information content (AvgIpc) is 2.61. The van der Waals surface area contributed by atoms with Gasteiger partial charge in [0, 0.05) is 45.5 Å². The summed E-state index contributed by atoms with van der Waals surface area (Å²) in [5, 5.41) is 0. The van der Waals surface area contributed by atoms with E-state index in [1.54, 1.807) is 12.1 Å². The number of carbonyl (C=O) groups excluding carboxylic acids is 1. The van der Waals surface area contributed by atoms with Crippen molar-refractivity contribution in [1.29, 1.82) is 0 Å². The van der Waals surface area contributed by atoms with E-state index in [0.717, 1.165) is 23.6 Å². The molecule has 1 aliphatic heterocycles. The lowest BCUT2D eigenvalue weighted by atomic mass is 9.98. The molecule has 0 unspecified atom stereocenters. The van der Waals surface area contributed by atoms with Gasteiger partial charge in [-0.05, 0) is 31.7 Å². The molecule has 0 aromatic carbocycles. The number of methoxy groups -OCH3 is 1. The van der Waals surface area contributed by atoms with Gasteiger partial charge in [0.1, 0.15) is 0 Å². The minimum atomic E-state index is -3.44. The normalized spacial score (nSPS) is 18.4. The molecule has 0 bridgehead atoms. The SMILES string of the molecule is COc1ccc(C(=O)N2CCCC[C@@H]2CCNS(=O)(=O)N(C)C)cn1. The van der Waals surface area contributed by atoms with Crippen LogP contribution in [0.25, 0.3) is 0 Å². The van der Waals surface area contributed by atoms with Crippen molar-refractivity contribution >= 4 is 16.1 Å². The summed E-state index contributed by atoms with van der Waals surface area (Å²) in [6.07, 6.45) is 4.97. The van der Waals surface area contributed by atoms with Crippen molar-refractivity contribution in [3.8, 4) is 5.88 Å². The molecule has 1 aliphatic rings. The van der Waals surface area contributed by atoms with Crippen LogP contribution >= 0.6 is 0 Å². The van der Waals surface area contributed by atoms with Gasteiger partial charge in [0.25, 0.3) is 16.1 Å². The van der Waals surface area contributed by atoms with E-state index in [9.17, 15) is 13.2 Å². The van der Waals surface area contributed by atoms with E-state index in [4.69, 9.17) is 4.74 Å².